The zero-order chi connectivity index (χ0) is 16.0. The molecule has 0 radical (unpaired) electrons. The highest BCUT2D eigenvalue weighted by molar-refractivity contribution is 5.93. The first-order valence-electron chi connectivity index (χ1n) is 7.16. The van der Waals surface area contributed by atoms with Gasteiger partial charge in [0.1, 0.15) is 11.3 Å². The van der Waals surface area contributed by atoms with Crippen LogP contribution in [0.4, 0.5) is 0 Å². The highest BCUT2D eigenvalue weighted by atomic mass is 16.4. The Hall–Kier alpha value is -3.21. The lowest BCUT2D eigenvalue weighted by atomic mass is 10.1. The molecule has 1 N–H and O–H groups in total. The maximum Gasteiger partial charge on any atom is 0.336 e. The molecule has 0 unspecified atom stereocenters. The Morgan fingerprint density at radius 2 is 1.87 bits per heavy atom. The van der Waals surface area contributed by atoms with Crippen molar-refractivity contribution in [3.63, 3.8) is 0 Å². The summed E-state index contributed by atoms with van der Waals surface area (Å²) in [4.78, 5) is 31.5. The fourth-order valence-corrected chi connectivity index (χ4v) is 2.68. The standard InChI is InChI=1S/C18H12N2O3/c1-10-6-7-11-12(9-16(21)23-15(11)8-10)17-18(22)20-14-5-3-2-4-13(14)19-17/h2-9H,1H3,(H,20,22). The highest BCUT2D eigenvalue weighted by Crippen LogP contribution is 2.25. The number of nitrogens with zero attached hydrogens (tertiary/aromatic N) is 1. The van der Waals surface area contributed by atoms with Crippen LogP contribution in [-0.2, 0) is 0 Å². The third-order valence-corrected chi connectivity index (χ3v) is 3.75. The summed E-state index contributed by atoms with van der Waals surface area (Å²) in [6.07, 6.45) is 0. The van der Waals surface area contributed by atoms with Crippen LogP contribution < -0.4 is 11.2 Å². The number of nitrogens with one attached hydrogen (secondary N) is 1. The summed E-state index contributed by atoms with van der Waals surface area (Å²) in [5, 5.41) is 0.684. The van der Waals surface area contributed by atoms with Gasteiger partial charge in [-0.1, -0.05) is 24.3 Å². The smallest absolute Gasteiger partial charge is 0.336 e. The molecule has 2 aromatic carbocycles. The van der Waals surface area contributed by atoms with E-state index in [0.29, 0.717) is 27.6 Å². The van der Waals surface area contributed by atoms with Gasteiger partial charge in [0, 0.05) is 17.0 Å². The minimum Gasteiger partial charge on any atom is -0.423 e. The second kappa shape index (κ2) is 4.91. The van der Waals surface area contributed by atoms with Crippen molar-refractivity contribution < 1.29 is 4.42 Å². The number of benzene rings is 2. The molecule has 0 aliphatic rings. The van der Waals surface area contributed by atoms with Crippen LogP contribution in [0.15, 0.2) is 62.5 Å². The van der Waals surface area contributed by atoms with E-state index in [4.69, 9.17) is 4.42 Å². The highest BCUT2D eigenvalue weighted by Gasteiger charge is 2.13. The van der Waals surface area contributed by atoms with Crippen LogP contribution in [0.25, 0.3) is 33.3 Å². The SMILES string of the molecule is Cc1ccc2c(-c3nc4ccccc4[nH]c3=O)cc(=O)oc2c1. The molecule has 5 nitrogen and oxygen atoms in total. The van der Waals surface area contributed by atoms with Crippen molar-refractivity contribution in [2.75, 3.05) is 0 Å². The number of hydrogen-bond acceptors (Lipinski definition) is 4. The van der Waals surface area contributed by atoms with Gasteiger partial charge < -0.3 is 9.40 Å². The van der Waals surface area contributed by atoms with E-state index in [0.717, 1.165) is 5.56 Å². The molecule has 0 fully saturated rings. The van der Waals surface area contributed by atoms with E-state index in [-0.39, 0.29) is 11.3 Å². The van der Waals surface area contributed by atoms with Crippen molar-refractivity contribution in [3.8, 4) is 11.3 Å². The second-order valence-corrected chi connectivity index (χ2v) is 5.41. The minimum absolute atomic E-state index is 0.213. The molecule has 0 spiro atoms. The topological polar surface area (TPSA) is 76.0 Å². The Kier molecular flexibility index (Phi) is 2.87. The molecule has 4 aromatic rings. The zero-order valence-corrected chi connectivity index (χ0v) is 12.3. The predicted molar refractivity (Wildman–Crippen MR) is 88.6 cm³/mol. The average molecular weight is 304 g/mol. The van der Waals surface area contributed by atoms with Gasteiger partial charge in [-0.2, -0.15) is 0 Å². The molecule has 0 aliphatic heterocycles. The number of H-pyrrole nitrogens is 1. The third kappa shape index (κ3) is 2.23. The summed E-state index contributed by atoms with van der Waals surface area (Å²) in [5.41, 5.74) is 2.58. The van der Waals surface area contributed by atoms with E-state index in [1.165, 1.54) is 6.07 Å². The van der Waals surface area contributed by atoms with E-state index in [9.17, 15) is 9.59 Å². The molecule has 5 heteroatoms. The lowest BCUT2D eigenvalue weighted by molar-refractivity contribution is 0.561. The van der Waals surface area contributed by atoms with Gasteiger partial charge in [-0.05, 0) is 30.7 Å². The van der Waals surface area contributed by atoms with Crippen LogP contribution in [0.5, 0.6) is 0 Å². The van der Waals surface area contributed by atoms with Crippen molar-refractivity contribution >= 4 is 22.0 Å². The first-order chi connectivity index (χ1) is 11.1. The van der Waals surface area contributed by atoms with Crippen LogP contribution >= 0.6 is 0 Å². The van der Waals surface area contributed by atoms with E-state index >= 15 is 0 Å². The minimum atomic E-state index is -0.507. The van der Waals surface area contributed by atoms with Crippen molar-refractivity contribution in [1.82, 2.24) is 9.97 Å². The molecule has 112 valence electrons. The van der Waals surface area contributed by atoms with E-state index in [1.807, 2.05) is 37.3 Å². The number of hydrogen-bond donors (Lipinski definition) is 1. The van der Waals surface area contributed by atoms with Crippen molar-refractivity contribution in [1.29, 1.82) is 0 Å². The van der Waals surface area contributed by atoms with E-state index < -0.39 is 5.63 Å². The number of fused-ring (bicyclic) bond motifs is 2. The number of para-hydroxylation sites is 2. The maximum absolute atomic E-state index is 12.4. The van der Waals surface area contributed by atoms with Crippen molar-refractivity contribution in [3.05, 3.63) is 74.9 Å². The lowest BCUT2D eigenvalue weighted by Gasteiger charge is -2.06. The molecule has 2 aromatic heterocycles. The van der Waals surface area contributed by atoms with Crippen LogP contribution in [0.2, 0.25) is 0 Å². The normalized spacial score (nSPS) is 11.2. The van der Waals surface area contributed by atoms with E-state index in [1.54, 1.807) is 12.1 Å². The fraction of sp³-hybridized carbons (Fsp3) is 0.0556. The summed E-state index contributed by atoms with van der Waals surface area (Å²) >= 11 is 0. The van der Waals surface area contributed by atoms with Crippen LogP contribution in [0, 0.1) is 6.92 Å². The molecule has 4 rings (SSSR count). The first-order valence-corrected chi connectivity index (χ1v) is 7.16. The van der Waals surface area contributed by atoms with Gasteiger partial charge in [0.05, 0.1) is 11.0 Å². The summed E-state index contributed by atoms with van der Waals surface area (Å²) in [5.74, 6) is 0. The first kappa shape index (κ1) is 13.5. The van der Waals surface area contributed by atoms with Crippen molar-refractivity contribution in [2.24, 2.45) is 0 Å². The molecule has 0 amide bonds. The predicted octanol–water partition coefficient (Wildman–Crippen LogP) is 3.00. The van der Waals surface area contributed by atoms with Gasteiger partial charge >= 0.3 is 5.63 Å². The van der Waals surface area contributed by atoms with Gasteiger partial charge in [0.2, 0.25) is 0 Å². The van der Waals surface area contributed by atoms with Gasteiger partial charge in [0.15, 0.2) is 0 Å². The van der Waals surface area contributed by atoms with Gasteiger partial charge in [-0.25, -0.2) is 9.78 Å². The number of aromatic amines is 1. The monoisotopic (exact) mass is 304 g/mol. The Morgan fingerprint density at radius 1 is 1.04 bits per heavy atom. The summed E-state index contributed by atoms with van der Waals surface area (Å²) < 4.78 is 5.24. The molecule has 0 aliphatic carbocycles. The average Bonchev–Trinajstić information content (AvgIpc) is 2.53. The Labute approximate surface area is 130 Å². The van der Waals surface area contributed by atoms with E-state index in [2.05, 4.69) is 9.97 Å². The van der Waals surface area contributed by atoms with Crippen LogP contribution in [0.3, 0.4) is 0 Å². The Morgan fingerprint density at radius 3 is 2.74 bits per heavy atom. The maximum atomic E-state index is 12.4. The van der Waals surface area contributed by atoms with Crippen molar-refractivity contribution in [2.45, 2.75) is 6.92 Å². The molecule has 2 heterocycles. The number of aryl methyl sites for hydroxylation is 1. The fourth-order valence-electron chi connectivity index (χ4n) is 2.68. The van der Waals surface area contributed by atoms with Gasteiger partial charge in [0.25, 0.3) is 5.56 Å². The molecular weight excluding hydrogens is 292 g/mol. The summed E-state index contributed by atoms with van der Waals surface area (Å²) in [6.45, 7) is 1.91. The van der Waals surface area contributed by atoms with Gasteiger partial charge in [-0.15, -0.1) is 0 Å². The third-order valence-electron chi connectivity index (χ3n) is 3.75. The van der Waals surface area contributed by atoms with Gasteiger partial charge in [-0.3, -0.25) is 4.79 Å². The van der Waals surface area contributed by atoms with Crippen LogP contribution in [-0.4, -0.2) is 9.97 Å². The lowest BCUT2D eigenvalue weighted by Crippen LogP contribution is -2.13. The van der Waals surface area contributed by atoms with Crippen LogP contribution in [0.1, 0.15) is 5.56 Å². The molecule has 0 bridgehead atoms. The summed E-state index contributed by atoms with van der Waals surface area (Å²) in [6, 6.07) is 14.1. The molecule has 0 saturated heterocycles. The quantitative estimate of drug-likeness (QED) is 0.548. The summed E-state index contributed by atoms with van der Waals surface area (Å²) in [7, 11) is 0. The number of rotatable bonds is 1. The number of aromatic nitrogens is 2. The Balaban J connectivity index is 2.12. The molecule has 23 heavy (non-hydrogen) atoms. The molecule has 0 saturated carbocycles. The largest absolute Gasteiger partial charge is 0.423 e. The second-order valence-electron chi connectivity index (χ2n) is 5.41. The zero-order valence-electron chi connectivity index (χ0n) is 12.3. The Bertz CT molecular complexity index is 1170. The molecular formula is C18H12N2O3. The molecule has 0 atom stereocenters.